The number of rotatable bonds is 9. The van der Waals surface area contributed by atoms with Gasteiger partial charge in [-0.15, -0.1) is 0 Å². The van der Waals surface area contributed by atoms with Crippen LogP contribution in [-0.4, -0.2) is 117 Å². The molecule has 3 aromatic carbocycles. The highest BCUT2D eigenvalue weighted by Crippen LogP contribution is 2.35. The molecule has 0 saturated carbocycles. The Balaban J connectivity index is 0.731. The predicted octanol–water partition coefficient (Wildman–Crippen LogP) is 5.97. The number of carbonyl (C=O) groups is 4. The van der Waals surface area contributed by atoms with Crippen LogP contribution in [0.25, 0.3) is 22.4 Å². The number of likely N-dealkylation sites (tertiary alicyclic amines) is 3. The second-order valence-corrected chi connectivity index (χ2v) is 17.2. The molecule has 9 rings (SSSR count). The number of nitrogens with one attached hydrogen (secondary N) is 2. The molecule has 4 aromatic rings. The smallest absolute Gasteiger partial charge is 0.255 e. The number of hydrogen-bond donors (Lipinski definition) is 2. The van der Waals surface area contributed by atoms with Gasteiger partial charge in [-0.2, -0.15) is 0 Å². The quantitative estimate of drug-likeness (QED) is 0.196. The van der Waals surface area contributed by atoms with E-state index in [9.17, 15) is 19.2 Å². The highest BCUT2D eigenvalue weighted by Gasteiger charge is 2.39. The van der Waals surface area contributed by atoms with Crippen LogP contribution in [0.2, 0.25) is 5.02 Å². The van der Waals surface area contributed by atoms with Crippen LogP contribution in [0, 0.1) is 0 Å². The Kier molecular flexibility index (Phi) is 11.5. The van der Waals surface area contributed by atoms with Gasteiger partial charge in [-0.1, -0.05) is 72.3 Å². The normalized spacial score (nSPS) is 22.4. The third kappa shape index (κ3) is 8.62. The van der Waals surface area contributed by atoms with Gasteiger partial charge < -0.3 is 20.0 Å². The lowest BCUT2D eigenvalue weighted by Gasteiger charge is -2.42. The molecule has 13 heteroatoms. The van der Waals surface area contributed by atoms with Gasteiger partial charge in [-0.25, -0.2) is 9.97 Å². The molecule has 59 heavy (non-hydrogen) atoms. The van der Waals surface area contributed by atoms with Crippen molar-refractivity contribution in [2.75, 3.05) is 51.1 Å². The lowest BCUT2D eigenvalue weighted by atomic mass is 9.86. The van der Waals surface area contributed by atoms with Gasteiger partial charge in [0, 0.05) is 62.4 Å². The first-order valence-electron chi connectivity index (χ1n) is 21.2. The Morgan fingerprint density at radius 2 is 1.61 bits per heavy atom. The van der Waals surface area contributed by atoms with Gasteiger partial charge in [-0.05, 0) is 98.3 Å². The van der Waals surface area contributed by atoms with Crippen LogP contribution >= 0.6 is 11.6 Å². The minimum Gasteiger partial charge on any atom is -0.350 e. The Bertz CT molecular complexity index is 2220. The third-order valence-corrected chi connectivity index (χ3v) is 13.4. The molecular weight excluding hydrogens is 764 g/mol. The molecule has 1 unspecified atom stereocenters. The van der Waals surface area contributed by atoms with Gasteiger partial charge in [0.25, 0.3) is 5.91 Å². The Labute approximate surface area is 350 Å². The fourth-order valence-corrected chi connectivity index (χ4v) is 10.0. The highest BCUT2D eigenvalue weighted by atomic mass is 35.5. The number of fused-ring (bicyclic) bond motifs is 1. The molecular formula is C46H51ClN8O4. The first kappa shape index (κ1) is 39.3. The molecule has 2 atom stereocenters. The Morgan fingerprint density at radius 1 is 0.831 bits per heavy atom. The molecule has 4 saturated heterocycles. The van der Waals surface area contributed by atoms with E-state index in [0.717, 1.165) is 93.5 Å². The zero-order valence-electron chi connectivity index (χ0n) is 33.3. The molecule has 0 aliphatic carbocycles. The fraction of sp³-hybridized carbons (Fsp3) is 0.435. The molecule has 0 spiro atoms. The number of imide groups is 1. The number of anilines is 1. The second kappa shape index (κ2) is 17.2. The molecule has 1 aromatic heterocycles. The van der Waals surface area contributed by atoms with Crippen molar-refractivity contribution in [1.82, 2.24) is 34.9 Å². The maximum atomic E-state index is 13.6. The van der Waals surface area contributed by atoms with Gasteiger partial charge in [-0.3, -0.25) is 29.4 Å². The van der Waals surface area contributed by atoms with Gasteiger partial charge in [0.1, 0.15) is 6.04 Å². The van der Waals surface area contributed by atoms with Gasteiger partial charge in [0.05, 0.1) is 23.5 Å². The summed E-state index contributed by atoms with van der Waals surface area (Å²) in [6, 6.07) is 24.6. The maximum Gasteiger partial charge on any atom is 0.255 e. The van der Waals surface area contributed by atoms with E-state index in [2.05, 4.69) is 61.8 Å². The zero-order chi connectivity index (χ0) is 40.5. The number of carbonyl (C=O) groups excluding carboxylic acids is 4. The summed E-state index contributed by atoms with van der Waals surface area (Å²) in [7, 11) is 0. The number of amides is 4. The summed E-state index contributed by atoms with van der Waals surface area (Å²) in [4.78, 5) is 68.8. The van der Waals surface area contributed by atoms with Crippen molar-refractivity contribution in [2.24, 2.45) is 0 Å². The minimum absolute atomic E-state index is 0.0536. The summed E-state index contributed by atoms with van der Waals surface area (Å²) < 4.78 is 0. The first-order valence-corrected chi connectivity index (χ1v) is 21.6. The standard InChI is InChI=1S/C46H51ClN8O4/c47-39-26-48-46(51-43(39)34-9-4-8-32(24-34)30-6-2-1-3-7-30)49-36-10-5-19-54(28-36)42(57)29-52-20-17-37(18-21-52)53-22-15-31(16-23-53)33-11-12-38-35(25-33)27-55(45(38)59)40-13-14-41(56)50-44(40)58/h1-4,6-9,11-12,24-26,31,36-37,40H,5,10,13-23,27-29H2,(H,48,49,51)(H,50,56,58)/t36-,40?/m0/s1. The Morgan fingerprint density at radius 3 is 2.41 bits per heavy atom. The summed E-state index contributed by atoms with van der Waals surface area (Å²) in [5.74, 6) is 0.357. The van der Waals surface area contributed by atoms with Crippen molar-refractivity contribution in [3.63, 3.8) is 0 Å². The van der Waals surface area contributed by atoms with Gasteiger partial charge in [0.2, 0.25) is 23.7 Å². The first-order chi connectivity index (χ1) is 28.8. The second-order valence-electron chi connectivity index (χ2n) is 16.8. The van der Waals surface area contributed by atoms with Crippen LogP contribution < -0.4 is 10.6 Å². The van der Waals surface area contributed by atoms with Crippen LogP contribution in [-0.2, 0) is 20.9 Å². The van der Waals surface area contributed by atoms with Crippen molar-refractivity contribution in [3.8, 4) is 22.4 Å². The van der Waals surface area contributed by atoms with Crippen LogP contribution in [0.1, 0.15) is 78.8 Å². The average molecular weight is 815 g/mol. The van der Waals surface area contributed by atoms with E-state index < -0.39 is 6.04 Å². The maximum absolute atomic E-state index is 13.6. The predicted molar refractivity (Wildman–Crippen MR) is 227 cm³/mol. The molecule has 5 aliphatic heterocycles. The van der Waals surface area contributed by atoms with Crippen molar-refractivity contribution in [3.05, 3.63) is 101 Å². The monoisotopic (exact) mass is 814 g/mol. The van der Waals surface area contributed by atoms with E-state index >= 15 is 0 Å². The van der Waals surface area contributed by atoms with Gasteiger partial charge in [0.15, 0.2) is 0 Å². The molecule has 306 valence electrons. The van der Waals surface area contributed by atoms with E-state index in [1.54, 1.807) is 11.1 Å². The van der Waals surface area contributed by atoms with Crippen molar-refractivity contribution in [1.29, 1.82) is 0 Å². The molecule has 4 amide bonds. The summed E-state index contributed by atoms with van der Waals surface area (Å²) >= 11 is 6.62. The fourth-order valence-electron chi connectivity index (χ4n) is 9.80. The number of hydrogen-bond acceptors (Lipinski definition) is 9. The number of halogens is 1. The van der Waals surface area contributed by atoms with Crippen LogP contribution in [0.3, 0.4) is 0 Å². The van der Waals surface area contributed by atoms with E-state index in [-0.39, 0.29) is 36.1 Å². The summed E-state index contributed by atoms with van der Waals surface area (Å²) in [5, 5.41) is 6.38. The summed E-state index contributed by atoms with van der Waals surface area (Å²) in [5.41, 5.74) is 6.73. The molecule has 2 N–H and O–H groups in total. The van der Waals surface area contributed by atoms with Gasteiger partial charge >= 0.3 is 0 Å². The summed E-state index contributed by atoms with van der Waals surface area (Å²) in [6.45, 7) is 6.15. The molecule has 12 nitrogen and oxygen atoms in total. The number of benzene rings is 3. The molecule has 4 fully saturated rings. The number of nitrogens with zero attached hydrogens (tertiary/aromatic N) is 6. The molecule has 0 bridgehead atoms. The summed E-state index contributed by atoms with van der Waals surface area (Å²) in [6.07, 6.45) is 8.39. The molecule has 6 heterocycles. The van der Waals surface area contributed by atoms with Crippen LogP contribution in [0.15, 0.2) is 79.0 Å². The lowest BCUT2D eigenvalue weighted by Crippen LogP contribution is -2.52. The highest BCUT2D eigenvalue weighted by molar-refractivity contribution is 6.33. The van der Waals surface area contributed by atoms with E-state index in [1.807, 2.05) is 41.3 Å². The van der Waals surface area contributed by atoms with Crippen molar-refractivity contribution in [2.45, 2.75) is 82.0 Å². The largest absolute Gasteiger partial charge is 0.350 e. The number of aromatic nitrogens is 2. The Hall–Kier alpha value is -5.17. The molecule has 0 radical (unpaired) electrons. The van der Waals surface area contributed by atoms with Crippen LogP contribution in [0.4, 0.5) is 5.95 Å². The topological polar surface area (TPSA) is 131 Å². The minimum atomic E-state index is -0.593. The zero-order valence-corrected chi connectivity index (χ0v) is 34.1. The molecule has 5 aliphatic rings. The lowest BCUT2D eigenvalue weighted by molar-refractivity contribution is -0.137. The SMILES string of the molecule is O=C1CCC(N2Cc3cc(C4CCN(C5CCN(CC(=O)N6CCC[C@H](Nc7ncc(Cl)c(-c8cccc(-c9ccccc9)c8)n7)C6)CC5)CC4)ccc3C2=O)C(=O)N1. The van der Waals surface area contributed by atoms with E-state index in [1.165, 1.54) is 5.56 Å². The van der Waals surface area contributed by atoms with Crippen molar-refractivity contribution >= 4 is 41.2 Å². The van der Waals surface area contributed by atoms with Crippen molar-refractivity contribution < 1.29 is 19.2 Å². The van der Waals surface area contributed by atoms with E-state index in [4.69, 9.17) is 16.6 Å². The van der Waals surface area contributed by atoms with Crippen LogP contribution in [0.5, 0.6) is 0 Å². The third-order valence-electron chi connectivity index (χ3n) is 13.1. The number of piperidine rings is 4. The van der Waals surface area contributed by atoms with E-state index in [0.29, 0.717) is 60.2 Å². The average Bonchev–Trinajstić information content (AvgIpc) is 3.59.